The fraction of sp³-hybridized carbons (Fsp3) is 0.400. The molecule has 0 bridgehead atoms. The first kappa shape index (κ1) is 16.8. The highest BCUT2D eigenvalue weighted by molar-refractivity contribution is 5.32. The average molecular weight is 327 g/mol. The minimum Gasteiger partial charge on any atom is -0.508 e. The van der Waals surface area contributed by atoms with Crippen molar-refractivity contribution in [3.63, 3.8) is 0 Å². The summed E-state index contributed by atoms with van der Waals surface area (Å²) in [5, 5.41) is 9.56. The summed E-state index contributed by atoms with van der Waals surface area (Å²) in [5.41, 5.74) is 2.26. The molecule has 3 rings (SSSR count). The molecule has 1 N–H and O–H groups in total. The van der Waals surface area contributed by atoms with E-state index < -0.39 is 0 Å². The molecule has 128 valence electrons. The highest BCUT2D eigenvalue weighted by atomic mass is 16.5. The maximum atomic E-state index is 9.56. The number of piperidine rings is 1. The summed E-state index contributed by atoms with van der Waals surface area (Å²) in [7, 11) is 1.69. The van der Waals surface area contributed by atoms with Gasteiger partial charge in [-0.2, -0.15) is 0 Å². The molecule has 0 radical (unpaired) electrons. The lowest BCUT2D eigenvalue weighted by molar-refractivity contribution is -0.00457. The van der Waals surface area contributed by atoms with Crippen molar-refractivity contribution in [1.29, 1.82) is 0 Å². The maximum Gasteiger partial charge on any atom is 0.124 e. The zero-order valence-electron chi connectivity index (χ0n) is 14.1. The van der Waals surface area contributed by atoms with E-state index in [-0.39, 0.29) is 0 Å². The molecule has 1 heterocycles. The van der Waals surface area contributed by atoms with Gasteiger partial charge in [0.1, 0.15) is 11.5 Å². The van der Waals surface area contributed by atoms with Crippen molar-refractivity contribution in [3.05, 3.63) is 59.7 Å². The smallest absolute Gasteiger partial charge is 0.124 e. The quantitative estimate of drug-likeness (QED) is 0.880. The second kappa shape index (κ2) is 8.18. The number of ether oxygens (including phenoxy) is 2. The summed E-state index contributed by atoms with van der Waals surface area (Å²) in [6, 6.07) is 15.5. The van der Waals surface area contributed by atoms with Gasteiger partial charge in [-0.25, -0.2) is 0 Å². The zero-order chi connectivity index (χ0) is 16.8. The number of hydrogen-bond donors (Lipinski definition) is 1. The maximum absolute atomic E-state index is 9.56. The predicted octanol–water partition coefficient (Wildman–Crippen LogP) is 3.58. The van der Waals surface area contributed by atoms with Crippen LogP contribution in [0.3, 0.4) is 0 Å². The molecule has 1 aliphatic rings. The molecule has 1 fully saturated rings. The van der Waals surface area contributed by atoms with Crippen LogP contribution in [0.25, 0.3) is 0 Å². The van der Waals surface area contributed by atoms with Crippen LogP contribution in [0.15, 0.2) is 48.5 Å². The van der Waals surface area contributed by atoms with Crippen molar-refractivity contribution in [2.75, 3.05) is 20.2 Å². The number of phenols is 1. The van der Waals surface area contributed by atoms with Gasteiger partial charge in [0, 0.05) is 25.2 Å². The van der Waals surface area contributed by atoms with Crippen LogP contribution >= 0.6 is 0 Å². The van der Waals surface area contributed by atoms with Gasteiger partial charge in [0.15, 0.2) is 0 Å². The number of methoxy groups -OCH3 is 1. The van der Waals surface area contributed by atoms with Crippen molar-refractivity contribution < 1.29 is 14.6 Å². The van der Waals surface area contributed by atoms with Crippen molar-refractivity contribution in [2.24, 2.45) is 0 Å². The molecule has 0 saturated carbocycles. The van der Waals surface area contributed by atoms with E-state index in [2.05, 4.69) is 17.0 Å². The van der Waals surface area contributed by atoms with Gasteiger partial charge in [-0.1, -0.05) is 30.3 Å². The van der Waals surface area contributed by atoms with E-state index >= 15 is 0 Å². The summed E-state index contributed by atoms with van der Waals surface area (Å²) >= 11 is 0. The second-order valence-electron chi connectivity index (χ2n) is 6.27. The number of nitrogens with zero attached hydrogens (tertiary/aromatic N) is 1. The number of phenolic OH excluding ortho intramolecular Hbond substituents is 1. The zero-order valence-corrected chi connectivity index (χ0v) is 14.1. The van der Waals surface area contributed by atoms with Gasteiger partial charge in [-0.05, 0) is 36.6 Å². The standard InChI is InChI=1S/C20H25NO3/c1-23-20-8-3-2-6-17(20)15-24-19-9-11-21(12-10-19)14-16-5-4-7-18(22)13-16/h2-8,13,19,22H,9-12,14-15H2,1H3. The Labute approximate surface area is 143 Å². The lowest BCUT2D eigenvalue weighted by atomic mass is 10.1. The Balaban J connectivity index is 1.45. The molecular weight excluding hydrogens is 302 g/mol. The Morgan fingerprint density at radius 1 is 1.08 bits per heavy atom. The normalized spacial score (nSPS) is 16.2. The summed E-state index contributed by atoms with van der Waals surface area (Å²) in [6.45, 7) is 3.52. The van der Waals surface area contributed by atoms with Gasteiger partial charge in [0.2, 0.25) is 0 Å². The van der Waals surface area contributed by atoms with Gasteiger partial charge in [0.05, 0.1) is 19.8 Å². The van der Waals surface area contributed by atoms with Gasteiger partial charge < -0.3 is 14.6 Å². The molecule has 1 aliphatic heterocycles. The third kappa shape index (κ3) is 4.49. The summed E-state index contributed by atoms with van der Waals surface area (Å²) in [5.74, 6) is 1.22. The average Bonchev–Trinajstić information content (AvgIpc) is 2.61. The molecule has 0 aromatic heterocycles. The minimum absolute atomic E-state index is 0.301. The van der Waals surface area contributed by atoms with Crippen LogP contribution < -0.4 is 4.74 Å². The molecule has 0 atom stereocenters. The van der Waals surface area contributed by atoms with Crippen molar-refractivity contribution >= 4 is 0 Å². The fourth-order valence-electron chi connectivity index (χ4n) is 3.18. The van der Waals surface area contributed by atoms with Crippen LogP contribution in [0.4, 0.5) is 0 Å². The minimum atomic E-state index is 0.301. The number of hydrogen-bond acceptors (Lipinski definition) is 4. The predicted molar refractivity (Wildman–Crippen MR) is 94.2 cm³/mol. The van der Waals surface area contributed by atoms with Crippen molar-refractivity contribution in [1.82, 2.24) is 4.90 Å². The number of para-hydroxylation sites is 1. The van der Waals surface area contributed by atoms with Crippen LogP contribution in [0.5, 0.6) is 11.5 Å². The molecule has 2 aromatic carbocycles. The Bertz CT molecular complexity index is 651. The molecule has 0 unspecified atom stereocenters. The van der Waals surface area contributed by atoms with E-state index in [0.717, 1.165) is 49.4 Å². The first-order chi connectivity index (χ1) is 11.7. The number of aromatic hydroxyl groups is 1. The van der Waals surface area contributed by atoms with E-state index in [4.69, 9.17) is 9.47 Å². The first-order valence-corrected chi connectivity index (χ1v) is 8.48. The van der Waals surface area contributed by atoms with E-state index in [1.165, 1.54) is 0 Å². The van der Waals surface area contributed by atoms with Crippen LogP contribution in [-0.2, 0) is 17.9 Å². The van der Waals surface area contributed by atoms with Gasteiger partial charge in [0.25, 0.3) is 0 Å². The molecule has 0 spiro atoms. The summed E-state index contributed by atoms with van der Waals surface area (Å²) < 4.78 is 11.5. The monoisotopic (exact) mass is 327 g/mol. The molecule has 0 aliphatic carbocycles. The number of likely N-dealkylation sites (tertiary alicyclic amines) is 1. The number of benzene rings is 2. The number of rotatable bonds is 6. The third-order valence-corrected chi connectivity index (χ3v) is 4.52. The van der Waals surface area contributed by atoms with Gasteiger partial charge >= 0.3 is 0 Å². The topological polar surface area (TPSA) is 41.9 Å². The van der Waals surface area contributed by atoms with Crippen molar-refractivity contribution in [3.8, 4) is 11.5 Å². The molecule has 24 heavy (non-hydrogen) atoms. The van der Waals surface area contributed by atoms with Gasteiger partial charge in [-0.15, -0.1) is 0 Å². The van der Waals surface area contributed by atoms with Crippen LogP contribution in [0.2, 0.25) is 0 Å². The third-order valence-electron chi connectivity index (χ3n) is 4.52. The van der Waals surface area contributed by atoms with E-state index in [9.17, 15) is 5.11 Å². The Hall–Kier alpha value is -2.04. The summed E-state index contributed by atoms with van der Waals surface area (Å²) in [6.07, 6.45) is 2.37. The molecule has 0 amide bonds. The van der Waals surface area contributed by atoms with E-state index in [1.807, 2.05) is 30.3 Å². The largest absolute Gasteiger partial charge is 0.508 e. The molecule has 2 aromatic rings. The lowest BCUT2D eigenvalue weighted by Crippen LogP contribution is -2.36. The molecule has 4 heteroatoms. The van der Waals surface area contributed by atoms with Crippen LogP contribution in [-0.4, -0.2) is 36.3 Å². The lowest BCUT2D eigenvalue weighted by Gasteiger charge is -2.32. The fourth-order valence-corrected chi connectivity index (χ4v) is 3.18. The Kier molecular flexibility index (Phi) is 5.72. The second-order valence-corrected chi connectivity index (χ2v) is 6.27. The summed E-state index contributed by atoms with van der Waals surface area (Å²) in [4.78, 5) is 2.41. The Morgan fingerprint density at radius 2 is 1.88 bits per heavy atom. The van der Waals surface area contributed by atoms with E-state index in [0.29, 0.717) is 18.5 Å². The highest BCUT2D eigenvalue weighted by Gasteiger charge is 2.20. The molecular formula is C20H25NO3. The van der Waals surface area contributed by atoms with Crippen LogP contribution in [0, 0.1) is 0 Å². The molecule has 1 saturated heterocycles. The van der Waals surface area contributed by atoms with Crippen LogP contribution in [0.1, 0.15) is 24.0 Å². The van der Waals surface area contributed by atoms with E-state index in [1.54, 1.807) is 13.2 Å². The first-order valence-electron chi connectivity index (χ1n) is 8.48. The Morgan fingerprint density at radius 3 is 2.62 bits per heavy atom. The highest BCUT2D eigenvalue weighted by Crippen LogP contribution is 2.22. The molecule has 4 nitrogen and oxygen atoms in total. The van der Waals surface area contributed by atoms with Gasteiger partial charge in [-0.3, -0.25) is 4.90 Å². The SMILES string of the molecule is COc1ccccc1COC1CCN(Cc2cccc(O)c2)CC1. The van der Waals surface area contributed by atoms with Crippen molar-refractivity contribution in [2.45, 2.75) is 32.1 Å².